The van der Waals surface area contributed by atoms with Crippen molar-refractivity contribution in [3.8, 4) is 0 Å². The Labute approximate surface area is 111 Å². The van der Waals surface area contributed by atoms with Gasteiger partial charge < -0.3 is 14.8 Å². The van der Waals surface area contributed by atoms with Crippen molar-refractivity contribution in [3.05, 3.63) is 34.3 Å². The highest BCUT2D eigenvalue weighted by atomic mass is 79.9. The molecule has 3 nitrogen and oxygen atoms in total. The fourth-order valence-electron chi connectivity index (χ4n) is 2.03. The van der Waals surface area contributed by atoms with Crippen molar-refractivity contribution in [1.82, 2.24) is 5.32 Å². The molecule has 0 aliphatic carbocycles. The van der Waals surface area contributed by atoms with Crippen molar-refractivity contribution < 1.29 is 9.47 Å². The van der Waals surface area contributed by atoms with E-state index in [9.17, 15) is 0 Å². The number of benzene rings is 1. The third kappa shape index (κ3) is 3.78. The summed E-state index contributed by atoms with van der Waals surface area (Å²) in [6, 6.07) is 8.72. The molecular formula is C13H18BrNO2. The number of nitrogens with one attached hydrogen (secondary N) is 1. The summed E-state index contributed by atoms with van der Waals surface area (Å²) in [4.78, 5) is 0. The molecule has 1 N–H and O–H groups in total. The zero-order chi connectivity index (χ0) is 12.1. The second kappa shape index (κ2) is 6.50. The fraction of sp³-hybridized carbons (Fsp3) is 0.538. The van der Waals surface area contributed by atoms with Gasteiger partial charge in [-0.25, -0.2) is 0 Å². The maximum atomic E-state index is 5.73. The molecule has 4 heteroatoms. The Morgan fingerprint density at radius 1 is 1.35 bits per heavy atom. The number of ether oxygens (including phenoxy) is 2. The summed E-state index contributed by atoms with van der Waals surface area (Å²) in [6.07, 6.45) is 1.11. The van der Waals surface area contributed by atoms with Crippen molar-refractivity contribution in [2.24, 2.45) is 0 Å². The van der Waals surface area contributed by atoms with E-state index < -0.39 is 0 Å². The number of rotatable bonds is 4. The first-order chi connectivity index (χ1) is 8.29. The van der Waals surface area contributed by atoms with Gasteiger partial charge in [0.25, 0.3) is 0 Å². The van der Waals surface area contributed by atoms with Crippen LogP contribution in [0.4, 0.5) is 0 Å². The molecule has 1 heterocycles. The average molecular weight is 300 g/mol. The van der Waals surface area contributed by atoms with Gasteiger partial charge in [-0.15, -0.1) is 0 Å². The van der Waals surface area contributed by atoms with Crippen LogP contribution in [0.1, 0.15) is 5.56 Å². The molecule has 0 bridgehead atoms. The largest absolute Gasteiger partial charge is 0.376 e. The molecule has 2 atom stereocenters. The van der Waals surface area contributed by atoms with Gasteiger partial charge in [-0.05, 0) is 31.2 Å². The Balaban J connectivity index is 1.96. The molecule has 0 spiro atoms. The monoisotopic (exact) mass is 299 g/mol. The van der Waals surface area contributed by atoms with Crippen LogP contribution in [-0.4, -0.2) is 39.0 Å². The molecule has 1 aliphatic heterocycles. The van der Waals surface area contributed by atoms with E-state index in [1.54, 1.807) is 0 Å². The zero-order valence-electron chi connectivity index (χ0n) is 9.99. The van der Waals surface area contributed by atoms with E-state index in [-0.39, 0.29) is 6.10 Å². The highest BCUT2D eigenvalue weighted by Gasteiger charge is 2.23. The highest BCUT2D eigenvalue weighted by molar-refractivity contribution is 9.10. The Bertz CT molecular complexity index is 336. The van der Waals surface area contributed by atoms with Crippen LogP contribution in [0.15, 0.2) is 28.7 Å². The molecule has 1 fully saturated rings. The molecule has 1 aromatic carbocycles. The average Bonchev–Trinajstić information content (AvgIpc) is 2.39. The van der Waals surface area contributed by atoms with Crippen LogP contribution >= 0.6 is 15.9 Å². The van der Waals surface area contributed by atoms with Crippen LogP contribution in [-0.2, 0) is 15.9 Å². The number of hydrogen-bond acceptors (Lipinski definition) is 3. The summed E-state index contributed by atoms with van der Waals surface area (Å²) >= 11 is 3.45. The Kier molecular flexibility index (Phi) is 4.98. The van der Waals surface area contributed by atoms with Crippen molar-refractivity contribution in [2.45, 2.75) is 18.6 Å². The van der Waals surface area contributed by atoms with Crippen LogP contribution in [0.25, 0.3) is 0 Å². The van der Waals surface area contributed by atoms with Gasteiger partial charge in [0.15, 0.2) is 0 Å². The van der Waals surface area contributed by atoms with Gasteiger partial charge in [-0.3, -0.25) is 0 Å². The lowest BCUT2D eigenvalue weighted by atomic mass is 10.0. The van der Waals surface area contributed by atoms with Crippen LogP contribution in [0.2, 0.25) is 0 Å². The number of hydrogen-bond donors (Lipinski definition) is 1. The first-order valence-corrected chi connectivity index (χ1v) is 6.70. The van der Waals surface area contributed by atoms with Crippen LogP contribution in [0, 0.1) is 0 Å². The fourth-order valence-corrected chi connectivity index (χ4v) is 2.30. The molecule has 1 aromatic rings. The lowest BCUT2D eigenvalue weighted by Gasteiger charge is -2.30. The van der Waals surface area contributed by atoms with Gasteiger partial charge >= 0.3 is 0 Å². The van der Waals surface area contributed by atoms with Gasteiger partial charge in [0.1, 0.15) is 0 Å². The number of halogens is 1. The summed E-state index contributed by atoms with van der Waals surface area (Å²) in [6.45, 7) is 2.09. The smallest absolute Gasteiger partial charge is 0.0965 e. The SMILES string of the molecule is CNC(Cc1ccc(Br)cc1)C1COCCO1. The summed E-state index contributed by atoms with van der Waals surface area (Å²) in [7, 11) is 1.97. The van der Waals surface area contributed by atoms with E-state index in [1.165, 1.54) is 5.56 Å². The normalized spacial score (nSPS) is 22.4. The minimum absolute atomic E-state index is 0.150. The molecular weight excluding hydrogens is 282 g/mol. The second-order valence-corrected chi connectivity index (χ2v) is 5.13. The molecule has 0 aromatic heterocycles. The zero-order valence-corrected chi connectivity index (χ0v) is 11.6. The van der Waals surface area contributed by atoms with Crippen molar-refractivity contribution >= 4 is 15.9 Å². The van der Waals surface area contributed by atoms with Gasteiger partial charge in [0, 0.05) is 10.5 Å². The van der Waals surface area contributed by atoms with Crippen LogP contribution < -0.4 is 5.32 Å². The lowest BCUT2D eigenvalue weighted by molar-refractivity contribution is -0.100. The third-order valence-corrected chi connectivity index (χ3v) is 3.56. The van der Waals surface area contributed by atoms with E-state index in [0.717, 1.165) is 10.9 Å². The molecule has 1 aliphatic rings. The molecule has 94 valence electrons. The molecule has 2 rings (SSSR count). The van der Waals surface area contributed by atoms with Crippen molar-refractivity contribution in [2.75, 3.05) is 26.9 Å². The maximum Gasteiger partial charge on any atom is 0.0965 e. The minimum Gasteiger partial charge on any atom is -0.376 e. The van der Waals surface area contributed by atoms with E-state index >= 15 is 0 Å². The maximum absolute atomic E-state index is 5.73. The van der Waals surface area contributed by atoms with E-state index in [2.05, 4.69) is 45.5 Å². The third-order valence-electron chi connectivity index (χ3n) is 3.03. The first-order valence-electron chi connectivity index (χ1n) is 5.90. The predicted octanol–water partition coefficient (Wildman–Crippen LogP) is 1.99. The van der Waals surface area contributed by atoms with Crippen molar-refractivity contribution in [1.29, 1.82) is 0 Å². The Hall–Kier alpha value is -0.420. The quantitative estimate of drug-likeness (QED) is 0.922. The van der Waals surface area contributed by atoms with Crippen molar-refractivity contribution in [3.63, 3.8) is 0 Å². The summed E-state index contributed by atoms with van der Waals surface area (Å²) in [5.74, 6) is 0. The molecule has 1 saturated heterocycles. The topological polar surface area (TPSA) is 30.5 Å². The van der Waals surface area contributed by atoms with Gasteiger partial charge in [-0.2, -0.15) is 0 Å². The van der Waals surface area contributed by atoms with Crippen LogP contribution in [0.5, 0.6) is 0 Å². The first kappa shape index (κ1) is 13.0. The molecule has 17 heavy (non-hydrogen) atoms. The van der Waals surface area contributed by atoms with E-state index in [1.807, 2.05) is 7.05 Å². The Morgan fingerprint density at radius 2 is 2.12 bits per heavy atom. The summed E-state index contributed by atoms with van der Waals surface area (Å²) in [5, 5.41) is 3.32. The van der Waals surface area contributed by atoms with Gasteiger partial charge in [-0.1, -0.05) is 28.1 Å². The summed E-state index contributed by atoms with van der Waals surface area (Å²) in [5.41, 5.74) is 1.31. The van der Waals surface area contributed by atoms with Crippen LogP contribution in [0.3, 0.4) is 0 Å². The van der Waals surface area contributed by atoms with Gasteiger partial charge in [0.05, 0.1) is 25.9 Å². The molecule has 0 radical (unpaired) electrons. The second-order valence-electron chi connectivity index (χ2n) is 4.21. The highest BCUT2D eigenvalue weighted by Crippen LogP contribution is 2.15. The predicted molar refractivity (Wildman–Crippen MR) is 71.3 cm³/mol. The Morgan fingerprint density at radius 3 is 2.71 bits per heavy atom. The molecule has 0 amide bonds. The summed E-state index contributed by atoms with van der Waals surface area (Å²) < 4.78 is 12.3. The molecule has 0 saturated carbocycles. The number of likely N-dealkylation sites (N-methyl/N-ethyl adjacent to an activating group) is 1. The van der Waals surface area contributed by atoms with E-state index in [0.29, 0.717) is 25.9 Å². The van der Waals surface area contributed by atoms with Gasteiger partial charge in [0.2, 0.25) is 0 Å². The molecule has 2 unspecified atom stereocenters. The minimum atomic E-state index is 0.150. The standard InChI is InChI=1S/C13H18BrNO2/c1-15-12(13-9-16-6-7-17-13)8-10-2-4-11(14)5-3-10/h2-5,12-13,15H,6-9H2,1H3. The lowest BCUT2D eigenvalue weighted by Crippen LogP contribution is -2.46. The van der Waals surface area contributed by atoms with E-state index in [4.69, 9.17) is 9.47 Å².